The molecule has 0 aliphatic heterocycles. The van der Waals surface area contributed by atoms with Crippen molar-refractivity contribution in [2.45, 2.75) is 78.4 Å². The number of ether oxygens (including phenoxy) is 2. The molecule has 0 unspecified atom stereocenters. The summed E-state index contributed by atoms with van der Waals surface area (Å²) in [6, 6.07) is 5.46. The van der Waals surface area contributed by atoms with Gasteiger partial charge in [-0.1, -0.05) is 39.8 Å². The molecule has 0 radical (unpaired) electrons. The molecule has 2 rings (SSSR count). The van der Waals surface area contributed by atoms with Crippen molar-refractivity contribution in [1.29, 1.82) is 0 Å². The lowest BCUT2D eigenvalue weighted by Crippen LogP contribution is -2.44. The van der Waals surface area contributed by atoms with E-state index in [4.69, 9.17) is 9.47 Å². The standard InChI is InChI=1S/C26H42N2O5/c1-5-12-27(13-6-2)25(30)18-32-23-16-20-10-9-11-22(29)21(20)17-24(23)33-19-26(31)28(14-7-3)15-8-4/h9-11,23-24,29H,5-8,12-19H2,1-4H3/t23-,24+/m1/s1. The highest BCUT2D eigenvalue weighted by molar-refractivity contribution is 5.78. The number of hydrogen-bond acceptors (Lipinski definition) is 5. The molecule has 7 heteroatoms. The van der Waals surface area contributed by atoms with E-state index in [-0.39, 0.29) is 36.9 Å². The van der Waals surface area contributed by atoms with Gasteiger partial charge >= 0.3 is 0 Å². The van der Waals surface area contributed by atoms with E-state index in [0.717, 1.165) is 49.9 Å². The number of carbonyl (C=O) groups excluding carboxylic acids is 2. The second kappa shape index (κ2) is 14.2. The van der Waals surface area contributed by atoms with Crippen LogP contribution in [0.3, 0.4) is 0 Å². The average molecular weight is 463 g/mol. The molecule has 0 bridgehead atoms. The molecule has 2 amide bonds. The monoisotopic (exact) mass is 462 g/mol. The van der Waals surface area contributed by atoms with Gasteiger partial charge < -0.3 is 24.4 Å². The molecule has 1 aromatic rings. The maximum absolute atomic E-state index is 12.7. The molecule has 1 aromatic carbocycles. The molecular formula is C26H42N2O5. The van der Waals surface area contributed by atoms with Crippen LogP contribution in [0, 0.1) is 0 Å². The quantitative estimate of drug-likeness (QED) is 0.457. The Morgan fingerprint density at radius 3 is 1.73 bits per heavy atom. The fourth-order valence-electron chi connectivity index (χ4n) is 4.40. The van der Waals surface area contributed by atoms with Gasteiger partial charge in [-0.05, 0) is 42.9 Å². The lowest BCUT2D eigenvalue weighted by molar-refractivity contribution is -0.149. The van der Waals surface area contributed by atoms with Crippen molar-refractivity contribution in [3.63, 3.8) is 0 Å². The highest BCUT2D eigenvalue weighted by Crippen LogP contribution is 2.31. The van der Waals surface area contributed by atoms with E-state index in [1.165, 1.54) is 0 Å². The van der Waals surface area contributed by atoms with Crippen molar-refractivity contribution in [2.24, 2.45) is 0 Å². The summed E-state index contributed by atoms with van der Waals surface area (Å²) in [4.78, 5) is 29.1. The zero-order valence-corrected chi connectivity index (χ0v) is 20.8. The van der Waals surface area contributed by atoms with E-state index in [0.29, 0.717) is 25.9 Å². The van der Waals surface area contributed by atoms with Gasteiger partial charge in [0.25, 0.3) is 0 Å². The van der Waals surface area contributed by atoms with Crippen molar-refractivity contribution in [2.75, 3.05) is 39.4 Å². The zero-order valence-electron chi connectivity index (χ0n) is 20.8. The van der Waals surface area contributed by atoms with Crippen LogP contribution >= 0.6 is 0 Å². The fourth-order valence-corrected chi connectivity index (χ4v) is 4.40. The van der Waals surface area contributed by atoms with Gasteiger partial charge in [0, 0.05) is 39.0 Å². The van der Waals surface area contributed by atoms with Crippen LogP contribution in [0.5, 0.6) is 5.75 Å². The predicted molar refractivity (Wildman–Crippen MR) is 129 cm³/mol. The lowest BCUT2D eigenvalue weighted by atomic mass is 9.87. The van der Waals surface area contributed by atoms with E-state index in [1.807, 2.05) is 21.9 Å². The number of rotatable bonds is 14. The Labute approximate surface area is 199 Å². The Balaban J connectivity index is 2.09. The summed E-state index contributed by atoms with van der Waals surface area (Å²) in [5, 5.41) is 10.3. The van der Waals surface area contributed by atoms with Crippen LogP contribution in [-0.4, -0.2) is 78.3 Å². The van der Waals surface area contributed by atoms with Crippen molar-refractivity contribution in [3.05, 3.63) is 29.3 Å². The van der Waals surface area contributed by atoms with E-state index < -0.39 is 6.10 Å². The number of hydrogen-bond donors (Lipinski definition) is 1. The second-order valence-corrected chi connectivity index (χ2v) is 8.78. The normalized spacial score (nSPS) is 17.5. The van der Waals surface area contributed by atoms with E-state index >= 15 is 0 Å². The zero-order chi connectivity index (χ0) is 24.2. The highest BCUT2D eigenvalue weighted by Gasteiger charge is 2.33. The summed E-state index contributed by atoms with van der Waals surface area (Å²) in [5.41, 5.74) is 1.83. The van der Waals surface area contributed by atoms with E-state index in [2.05, 4.69) is 27.7 Å². The Bertz CT molecular complexity index is 742. The van der Waals surface area contributed by atoms with Gasteiger partial charge in [0.1, 0.15) is 19.0 Å². The molecule has 0 saturated carbocycles. The van der Waals surface area contributed by atoms with Crippen LogP contribution < -0.4 is 0 Å². The molecule has 0 saturated heterocycles. The van der Waals surface area contributed by atoms with Crippen LogP contribution in [0.25, 0.3) is 0 Å². The van der Waals surface area contributed by atoms with Crippen LogP contribution in [0.1, 0.15) is 64.5 Å². The minimum atomic E-state index is -0.404. The number of phenolic OH excluding ortho intramolecular Hbond substituents is 1. The Morgan fingerprint density at radius 1 is 0.818 bits per heavy atom. The van der Waals surface area contributed by atoms with Gasteiger partial charge in [-0.25, -0.2) is 0 Å². The highest BCUT2D eigenvalue weighted by atomic mass is 16.5. The molecule has 186 valence electrons. The number of nitrogens with zero attached hydrogens (tertiary/aromatic N) is 2. The average Bonchev–Trinajstić information content (AvgIpc) is 2.80. The Kier molecular flexibility index (Phi) is 11.7. The third-order valence-electron chi connectivity index (χ3n) is 6.01. The van der Waals surface area contributed by atoms with Gasteiger partial charge in [-0.3, -0.25) is 9.59 Å². The fraction of sp³-hybridized carbons (Fsp3) is 0.692. The topological polar surface area (TPSA) is 79.3 Å². The lowest BCUT2D eigenvalue weighted by Gasteiger charge is -2.34. The van der Waals surface area contributed by atoms with Crippen molar-refractivity contribution in [1.82, 2.24) is 9.80 Å². The molecule has 0 heterocycles. The smallest absolute Gasteiger partial charge is 0.248 e. The van der Waals surface area contributed by atoms with E-state index in [9.17, 15) is 14.7 Å². The number of benzene rings is 1. The largest absolute Gasteiger partial charge is 0.508 e. The predicted octanol–water partition coefficient (Wildman–Crippen LogP) is 3.56. The van der Waals surface area contributed by atoms with Crippen molar-refractivity contribution < 1.29 is 24.2 Å². The Morgan fingerprint density at radius 2 is 1.27 bits per heavy atom. The number of fused-ring (bicyclic) bond motifs is 1. The molecule has 33 heavy (non-hydrogen) atoms. The van der Waals surface area contributed by atoms with Gasteiger partial charge in [-0.2, -0.15) is 0 Å². The molecule has 1 aliphatic carbocycles. The van der Waals surface area contributed by atoms with Crippen LogP contribution in [0.2, 0.25) is 0 Å². The molecule has 7 nitrogen and oxygen atoms in total. The van der Waals surface area contributed by atoms with Gasteiger partial charge in [0.2, 0.25) is 11.8 Å². The summed E-state index contributed by atoms with van der Waals surface area (Å²) in [6.45, 7) is 11.0. The summed E-state index contributed by atoms with van der Waals surface area (Å²) in [5.74, 6) is 0.179. The molecule has 0 aromatic heterocycles. The van der Waals surface area contributed by atoms with E-state index in [1.54, 1.807) is 6.07 Å². The van der Waals surface area contributed by atoms with Crippen LogP contribution in [0.4, 0.5) is 0 Å². The van der Waals surface area contributed by atoms with Gasteiger partial charge in [-0.15, -0.1) is 0 Å². The molecule has 0 spiro atoms. The maximum Gasteiger partial charge on any atom is 0.248 e. The second-order valence-electron chi connectivity index (χ2n) is 8.78. The summed E-state index contributed by atoms with van der Waals surface area (Å²) >= 11 is 0. The molecule has 2 atom stereocenters. The molecular weight excluding hydrogens is 420 g/mol. The van der Waals surface area contributed by atoms with Crippen molar-refractivity contribution in [3.8, 4) is 5.75 Å². The minimum absolute atomic E-state index is 0.00951. The third-order valence-corrected chi connectivity index (χ3v) is 6.01. The van der Waals surface area contributed by atoms with Crippen molar-refractivity contribution >= 4 is 11.8 Å². The summed E-state index contributed by atoms with van der Waals surface area (Å²) < 4.78 is 12.2. The first-order valence-corrected chi connectivity index (χ1v) is 12.5. The SMILES string of the molecule is CCCN(CCC)C(=O)CO[C@H]1Cc2c(O)cccc2C[C@H]1OCC(=O)N(CCC)CCC. The minimum Gasteiger partial charge on any atom is -0.508 e. The maximum atomic E-state index is 12.7. The first-order valence-electron chi connectivity index (χ1n) is 12.5. The number of phenols is 1. The Hall–Kier alpha value is -2.12. The number of aromatic hydroxyl groups is 1. The first kappa shape index (κ1) is 27.1. The summed E-state index contributed by atoms with van der Waals surface area (Å²) in [7, 11) is 0. The molecule has 1 aliphatic rings. The third kappa shape index (κ3) is 8.00. The van der Waals surface area contributed by atoms with Gasteiger partial charge in [0.15, 0.2) is 0 Å². The van der Waals surface area contributed by atoms with Crippen LogP contribution in [0.15, 0.2) is 18.2 Å². The molecule has 0 fully saturated rings. The number of amides is 2. The summed E-state index contributed by atoms with van der Waals surface area (Å²) in [6.07, 6.45) is 3.83. The first-order chi connectivity index (χ1) is 15.9. The van der Waals surface area contributed by atoms with Gasteiger partial charge in [0.05, 0.1) is 12.2 Å². The van der Waals surface area contributed by atoms with Crippen LogP contribution in [-0.2, 0) is 31.9 Å². The molecule has 1 N–H and O–H groups in total. The number of carbonyl (C=O) groups is 2.